The lowest BCUT2D eigenvalue weighted by Gasteiger charge is -2.05. The first-order valence-electron chi connectivity index (χ1n) is 16.2. The van der Waals surface area contributed by atoms with E-state index in [2.05, 4.69) is 36.4 Å². The Hall–Kier alpha value is -6.76. The van der Waals surface area contributed by atoms with Crippen LogP contribution in [0.3, 0.4) is 0 Å². The fraction of sp³-hybridized carbons (Fsp3) is 0. The van der Waals surface area contributed by atoms with Gasteiger partial charge in [-0.05, 0) is 78.9 Å². The Morgan fingerprint density at radius 1 is 0.288 bits per heavy atom. The maximum absolute atomic E-state index is 4.89. The molecule has 0 radical (unpaired) electrons. The lowest BCUT2D eigenvalue weighted by atomic mass is 10.1. The summed E-state index contributed by atoms with van der Waals surface area (Å²) in [5.74, 6) is 0. The zero-order chi connectivity index (χ0) is 34.7. The molecule has 0 atom stereocenters. The Morgan fingerprint density at radius 2 is 0.615 bits per heavy atom. The maximum Gasteiger partial charge on any atom is 0.166 e. The summed E-state index contributed by atoms with van der Waals surface area (Å²) in [6.45, 7) is 0. The number of benzene rings is 1. The molecule has 1 aromatic carbocycles. The van der Waals surface area contributed by atoms with E-state index in [4.69, 9.17) is 19.9 Å². The molecule has 0 aliphatic carbocycles. The molecule has 0 unspecified atom stereocenters. The van der Waals surface area contributed by atoms with Crippen LogP contribution in [0.15, 0.2) is 146 Å². The van der Waals surface area contributed by atoms with Gasteiger partial charge in [0.25, 0.3) is 0 Å². The van der Waals surface area contributed by atoms with Crippen molar-refractivity contribution in [3.05, 3.63) is 146 Å². The molecular formula is C40H24N10S2. The highest BCUT2D eigenvalue weighted by Gasteiger charge is 2.16. The van der Waals surface area contributed by atoms with Gasteiger partial charge in [0, 0.05) is 23.5 Å². The van der Waals surface area contributed by atoms with Crippen molar-refractivity contribution in [2.45, 2.75) is 0 Å². The van der Waals surface area contributed by atoms with Crippen molar-refractivity contribution in [1.29, 1.82) is 0 Å². The number of pyridine rings is 6. The molecule has 246 valence electrons. The first-order chi connectivity index (χ1) is 25.7. The second-order valence-electron chi connectivity index (χ2n) is 11.5. The Morgan fingerprint density at radius 3 is 1.02 bits per heavy atom. The van der Waals surface area contributed by atoms with E-state index in [1.165, 1.54) is 22.7 Å². The van der Waals surface area contributed by atoms with Crippen LogP contribution in [-0.4, -0.2) is 50.3 Å². The molecule has 12 heteroatoms. The van der Waals surface area contributed by atoms with Gasteiger partial charge in [-0.2, -0.15) is 0 Å². The smallest absolute Gasteiger partial charge is 0.166 e. The summed E-state index contributed by atoms with van der Waals surface area (Å²) >= 11 is 2.96. The van der Waals surface area contributed by atoms with Crippen LogP contribution in [-0.2, 0) is 0 Å². The van der Waals surface area contributed by atoms with Gasteiger partial charge in [0.05, 0.1) is 45.6 Å². The average molecular weight is 709 g/mol. The molecule has 0 amide bonds. The Kier molecular flexibility index (Phi) is 8.33. The van der Waals surface area contributed by atoms with Crippen LogP contribution in [0.2, 0.25) is 0 Å². The maximum atomic E-state index is 4.89. The summed E-state index contributed by atoms with van der Waals surface area (Å²) < 4.78 is 0. The van der Waals surface area contributed by atoms with Crippen LogP contribution >= 0.6 is 22.7 Å². The first kappa shape index (κ1) is 31.2. The second-order valence-corrected chi connectivity index (χ2v) is 13.4. The number of rotatable bonds is 8. The van der Waals surface area contributed by atoms with Crippen LogP contribution in [0.5, 0.6) is 0 Å². The van der Waals surface area contributed by atoms with Gasteiger partial charge in [-0.15, -0.1) is 20.4 Å². The third-order valence-corrected chi connectivity index (χ3v) is 10.0. The number of hydrogen-bond acceptors (Lipinski definition) is 12. The van der Waals surface area contributed by atoms with Crippen molar-refractivity contribution in [3.63, 3.8) is 0 Å². The van der Waals surface area contributed by atoms with Crippen LogP contribution in [0, 0.1) is 0 Å². The van der Waals surface area contributed by atoms with Crippen LogP contribution in [0.1, 0.15) is 0 Å². The number of aromatic nitrogens is 10. The molecule has 10 nitrogen and oxygen atoms in total. The second kappa shape index (κ2) is 13.9. The fourth-order valence-electron chi connectivity index (χ4n) is 5.53. The Bertz CT molecular complexity index is 2480. The lowest BCUT2D eigenvalue weighted by molar-refractivity contribution is 1.09. The van der Waals surface area contributed by atoms with Crippen molar-refractivity contribution < 1.29 is 0 Å². The van der Waals surface area contributed by atoms with Gasteiger partial charge in [0.1, 0.15) is 21.4 Å². The third kappa shape index (κ3) is 6.47. The van der Waals surface area contributed by atoms with Crippen molar-refractivity contribution >= 4 is 22.7 Å². The normalized spacial score (nSPS) is 11.1. The predicted molar refractivity (Wildman–Crippen MR) is 204 cm³/mol. The summed E-state index contributed by atoms with van der Waals surface area (Å²) in [7, 11) is 0. The van der Waals surface area contributed by atoms with E-state index < -0.39 is 0 Å². The minimum Gasteiger partial charge on any atom is -0.255 e. The molecule has 0 saturated heterocycles. The van der Waals surface area contributed by atoms with E-state index in [-0.39, 0.29) is 0 Å². The lowest BCUT2D eigenvalue weighted by Crippen LogP contribution is -1.92. The molecule has 8 heterocycles. The first-order valence-corrected chi connectivity index (χ1v) is 17.9. The molecule has 0 fully saturated rings. The highest BCUT2D eigenvalue weighted by Crippen LogP contribution is 2.35. The zero-order valence-electron chi connectivity index (χ0n) is 27.1. The molecule has 9 aromatic rings. The Balaban J connectivity index is 0.951. The zero-order valence-corrected chi connectivity index (χ0v) is 28.8. The molecular weight excluding hydrogens is 685 g/mol. The van der Waals surface area contributed by atoms with E-state index in [1.54, 1.807) is 12.4 Å². The van der Waals surface area contributed by atoms with Gasteiger partial charge in [-0.1, -0.05) is 77.3 Å². The van der Waals surface area contributed by atoms with E-state index in [0.717, 1.165) is 78.1 Å². The van der Waals surface area contributed by atoms with Gasteiger partial charge in [-0.25, -0.2) is 19.9 Å². The monoisotopic (exact) mass is 708 g/mol. The predicted octanol–water partition coefficient (Wildman–Crippen LogP) is 9.10. The molecule has 0 N–H and O–H groups in total. The summed E-state index contributed by atoms with van der Waals surface area (Å²) in [6.07, 6.45) is 3.52. The number of nitrogens with zero attached hydrogens (tertiary/aromatic N) is 10. The molecule has 52 heavy (non-hydrogen) atoms. The largest absolute Gasteiger partial charge is 0.255 e. The average Bonchev–Trinajstić information content (AvgIpc) is 3.94. The quantitative estimate of drug-likeness (QED) is 0.151. The Labute approximate surface area is 305 Å². The van der Waals surface area contributed by atoms with E-state index >= 15 is 0 Å². The van der Waals surface area contributed by atoms with Crippen molar-refractivity contribution in [2.24, 2.45) is 0 Å². The molecule has 0 saturated carbocycles. The van der Waals surface area contributed by atoms with Crippen LogP contribution in [0.25, 0.3) is 88.1 Å². The van der Waals surface area contributed by atoms with Crippen LogP contribution in [0.4, 0.5) is 0 Å². The summed E-state index contributed by atoms with van der Waals surface area (Å²) in [5, 5.41) is 21.0. The molecule has 0 spiro atoms. The van der Waals surface area contributed by atoms with Crippen molar-refractivity contribution in [2.75, 3.05) is 0 Å². The van der Waals surface area contributed by atoms with Gasteiger partial charge in [-0.3, -0.25) is 9.97 Å². The van der Waals surface area contributed by atoms with Crippen LogP contribution < -0.4 is 0 Å². The SMILES string of the molecule is c1ccc(-c2cccc(-c3cccc(-c4nnc(-c5cccc(-c6nnc(-c7cccc(-c8cccc(-c9ccccn9)n8)n7)s6)c5)s4)n3)n2)nc1. The molecule has 0 aliphatic rings. The highest BCUT2D eigenvalue weighted by molar-refractivity contribution is 7.18. The van der Waals surface area contributed by atoms with E-state index in [0.29, 0.717) is 10.0 Å². The van der Waals surface area contributed by atoms with Crippen molar-refractivity contribution in [1.82, 2.24) is 50.3 Å². The summed E-state index contributed by atoms with van der Waals surface area (Å²) in [6, 6.07) is 43.0. The standard InChI is InChI=1S/C40H24N10S2/c1-3-22-41-27(12-1)29-14-6-16-31(43-29)33-18-8-20-35(45-33)39-49-47-37(51-39)25-10-5-11-26(24-25)38-48-50-40(52-38)36-21-9-19-34(46-36)32-17-7-15-30(44-32)28-13-2-4-23-42-28/h1-24H. The molecule has 9 rings (SSSR count). The minimum atomic E-state index is 0.715. The topological polar surface area (TPSA) is 129 Å². The number of hydrogen-bond donors (Lipinski definition) is 0. The van der Waals surface area contributed by atoms with Gasteiger partial charge in [0.2, 0.25) is 0 Å². The molecule has 0 bridgehead atoms. The summed E-state index contributed by atoms with van der Waals surface area (Å²) in [5.41, 5.74) is 9.51. The molecule has 8 aromatic heterocycles. The van der Waals surface area contributed by atoms with E-state index in [1.807, 2.05) is 127 Å². The highest BCUT2D eigenvalue weighted by atomic mass is 32.1. The van der Waals surface area contributed by atoms with Gasteiger partial charge >= 0.3 is 0 Å². The van der Waals surface area contributed by atoms with Crippen molar-refractivity contribution in [3.8, 4) is 88.1 Å². The third-order valence-electron chi connectivity index (χ3n) is 8.02. The summed E-state index contributed by atoms with van der Waals surface area (Å²) in [4.78, 5) is 28.3. The van der Waals surface area contributed by atoms with Gasteiger partial charge in [0.15, 0.2) is 10.0 Å². The molecule has 0 aliphatic heterocycles. The minimum absolute atomic E-state index is 0.715. The van der Waals surface area contributed by atoms with Gasteiger partial charge < -0.3 is 0 Å². The fourth-order valence-corrected chi connectivity index (χ4v) is 7.15. The van der Waals surface area contributed by atoms with E-state index in [9.17, 15) is 0 Å².